The summed E-state index contributed by atoms with van der Waals surface area (Å²) in [6.45, 7) is 6.28. The summed E-state index contributed by atoms with van der Waals surface area (Å²) in [6.07, 6.45) is 5.18. The molecule has 0 spiro atoms. The maximum Gasteiger partial charge on any atom is 0.406 e. The van der Waals surface area contributed by atoms with E-state index in [0.29, 0.717) is 23.2 Å². The number of hydrogen-bond donors (Lipinski definition) is 1. The molecule has 0 aromatic heterocycles. The molecule has 174 valence electrons. The number of nitrogens with zero attached hydrogens (tertiary/aromatic N) is 1. The lowest BCUT2D eigenvalue weighted by atomic mass is 9.48. The number of carbonyl (C=O) groups excluding carboxylic acids is 2. The van der Waals surface area contributed by atoms with Gasteiger partial charge >= 0.3 is 6.18 Å². The number of hydrogen-bond acceptors (Lipinski definition) is 2. The Morgan fingerprint density at radius 1 is 1.16 bits per heavy atom. The second kappa shape index (κ2) is 7.51. The van der Waals surface area contributed by atoms with Crippen LogP contribution in [0.3, 0.4) is 0 Å². The SMILES string of the molecule is CC(C)N(CC(F)(F)F)C(=O)C1=C[C@@]2(C)C(CC[C@@H]3[C@H]2CC[C@]2(C)CCC[C@@H]32)NC1=O. The van der Waals surface area contributed by atoms with Crippen molar-refractivity contribution < 1.29 is 22.8 Å². The molecule has 3 fully saturated rings. The number of carbonyl (C=O) groups is 2. The van der Waals surface area contributed by atoms with Crippen molar-refractivity contribution in [3.8, 4) is 0 Å². The van der Waals surface area contributed by atoms with Crippen molar-refractivity contribution >= 4 is 11.8 Å². The minimum atomic E-state index is -4.51. The molecule has 0 aromatic carbocycles. The topological polar surface area (TPSA) is 49.4 Å². The molecular weight excluding hydrogens is 405 g/mol. The fourth-order valence-electron chi connectivity index (χ4n) is 7.43. The monoisotopic (exact) mass is 440 g/mol. The van der Waals surface area contributed by atoms with E-state index in [-0.39, 0.29) is 11.6 Å². The zero-order valence-electron chi connectivity index (χ0n) is 19.0. The van der Waals surface area contributed by atoms with Crippen LogP contribution in [-0.2, 0) is 9.59 Å². The Labute approximate surface area is 183 Å². The summed E-state index contributed by atoms with van der Waals surface area (Å²) in [5, 5.41) is 3.01. The molecule has 0 bridgehead atoms. The van der Waals surface area contributed by atoms with Crippen molar-refractivity contribution in [1.29, 1.82) is 0 Å². The van der Waals surface area contributed by atoms with E-state index in [9.17, 15) is 22.8 Å². The van der Waals surface area contributed by atoms with Crippen molar-refractivity contribution in [3.05, 3.63) is 11.6 Å². The van der Waals surface area contributed by atoms with E-state index in [2.05, 4.69) is 19.2 Å². The van der Waals surface area contributed by atoms with Crippen LogP contribution >= 0.6 is 0 Å². The number of halogens is 3. The van der Waals surface area contributed by atoms with Gasteiger partial charge < -0.3 is 10.2 Å². The molecule has 0 aromatic rings. The second-order valence-corrected chi connectivity index (χ2v) is 11.1. The molecule has 4 nitrogen and oxygen atoms in total. The fraction of sp³-hybridized carbons (Fsp3) is 0.833. The third kappa shape index (κ3) is 3.80. The molecule has 1 unspecified atom stereocenters. The van der Waals surface area contributed by atoms with Crippen LogP contribution in [0.2, 0.25) is 0 Å². The number of alkyl halides is 3. The summed E-state index contributed by atoms with van der Waals surface area (Å²) in [7, 11) is 0. The van der Waals surface area contributed by atoms with Gasteiger partial charge in [0.15, 0.2) is 0 Å². The summed E-state index contributed by atoms with van der Waals surface area (Å²) in [5.41, 5.74) is -0.115. The molecule has 0 radical (unpaired) electrons. The zero-order chi connectivity index (χ0) is 22.8. The Hall–Kier alpha value is -1.53. The van der Waals surface area contributed by atoms with E-state index in [0.717, 1.165) is 30.6 Å². The van der Waals surface area contributed by atoms with Crippen LogP contribution in [-0.4, -0.2) is 41.5 Å². The molecule has 1 aliphatic heterocycles. The minimum Gasteiger partial charge on any atom is -0.348 e. The Balaban J connectivity index is 1.67. The predicted molar refractivity (Wildman–Crippen MR) is 112 cm³/mol. The van der Waals surface area contributed by atoms with Crippen LogP contribution < -0.4 is 5.32 Å². The summed E-state index contributed by atoms with van der Waals surface area (Å²) < 4.78 is 39.3. The van der Waals surface area contributed by atoms with Gasteiger partial charge in [-0.05, 0) is 75.5 Å². The number of nitrogens with one attached hydrogen (secondary N) is 1. The standard InChI is InChI=1S/C24H35F3N2O2/c1-14(2)29(13-24(25,26)27)21(31)16-12-23(4)18-9-11-22(3)10-5-6-17(22)15(18)7-8-19(23)28-20(16)30/h12,14-15,17-19H,5-11,13H2,1-4H3,(H,28,30)/t15-,17-,18+,19?,22-,23+/m0/s1. The van der Waals surface area contributed by atoms with Crippen molar-refractivity contribution in [1.82, 2.24) is 10.2 Å². The summed E-state index contributed by atoms with van der Waals surface area (Å²) in [6, 6.07) is -0.708. The van der Waals surface area contributed by atoms with Gasteiger partial charge in [0.2, 0.25) is 0 Å². The van der Waals surface area contributed by atoms with E-state index < -0.39 is 36.0 Å². The molecule has 3 aliphatic carbocycles. The number of rotatable bonds is 3. The highest BCUT2D eigenvalue weighted by molar-refractivity contribution is 6.19. The minimum absolute atomic E-state index is 0.0568. The maximum absolute atomic E-state index is 13.1. The van der Waals surface area contributed by atoms with Crippen LogP contribution in [0.15, 0.2) is 11.6 Å². The molecule has 6 atom stereocenters. The van der Waals surface area contributed by atoms with Gasteiger partial charge in [0.1, 0.15) is 12.1 Å². The zero-order valence-corrected chi connectivity index (χ0v) is 19.0. The summed E-state index contributed by atoms with van der Waals surface area (Å²) in [5.74, 6) is 0.238. The summed E-state index contributed by atoms with van der Waals surface area (Å²) in [4.78, 5) is 26.7. The Bertz CT molecular complexity index is 792. The first kappa shape index (κ1) is 22.7. The van der Waals surface area contributed by atoms with Crippen LogP contribution in [0, 0.1) is 28.6 Å². The van der Waals surface area contributed by atoms with Gasteiger partial charge in [-0.25, -0.2) is 0 Å². The molecule has 31 heavy (non-hydrogen) atoms. The highest BCUT2D eigenvalue weighted by Gasteiger charge is 2.58. The first-order chi connectivity index (χ1) is 14.4. The summed E-state index contributed by atoms with van der Waals surface area (Å²) >= 11 is 0. The maximum atomic E-state index is 13.1. The van der Waals surface area contributed by atoms with Crippen molar-refractivity contribution in [2.24, 2.45) is 28.6 Å². The molecule has 1 heterocycles. The van der Waals surface area contributed by atoms with Gasteiger partial charge in [-0.3, -0.25) is 9.59 Å². The van der Waals surface area contributed by atoms with Crippen LogP contribution in [0.4, 0.5) is 13.2 Å². The van der Waals surface area contributed by atoms with Gasteiger partial charge in [-0.1, -0.05) is 26.3 Å². The molecular formula is C24H35F3N2O2. The van der Waals surface area contributed by atoms with Gasteiger partial charge in [0, 0.05) is 17.5 Å². The van der Waals surface area contributed by atoms with Crippen molar-refractivity contribution in [2.75, 3.05) is 6.54 Å². The van der Waals surface area contributed by atoms with E-state index in [1.807, 2.05) is 0 Å². The lowest BCUT2D eigenvalue weighted by Crippen LogP contribution is -2.61. The Morgan fingerprint density at radius 2 is 1.87 bits per heavy atom. The van der Waals surface area contributed by atoms with Crippen LogP contribution in [0.25, 0.3) is 0 Å². The largest absolute Gasteiger partial charge is 0.406 e. The quantitative estimate of drug-likeness (QED) is 0.639. The normalized spacial score (nSPS) is 39.9. The van der Waals surface area contributed by atoms with Gasteiger partial charge in [-0.2, -0.15) is 13.2 Å². The lowest BCUT2D eigenvalue weighted by molar-refractivity contribution is -0.163. The number of fused-ring (bicyclic) bond motifs is 5. The van der Waals surface area contributed by atoms with E-state index in [1.54, 1.807) is 19.9 Å². The predicted octanol–water partition coefficient (Wildman–Crippen LogP) is 4.84. The third-order valence-corrected chi connectivity index (χ3v) is 9.03. The third-order valence-electron chi connectivity index (χ3n) is 9.03. The fourth-order valence-corrected chi connectivity index (χ4v) is 7.43. The lowest BCUT2D eigenvalue weighted by Gasteiger charge is -2.58. The smallest absolute Gasteiger partial charge is 0.348 e. The van der Waals surface area contributed by atoms with Gasteiger partial charge in [-0.15, -0.1) is 0 Å². The molecule has 4 aliphatic rings. The molecule has 7 heteroatoms. The van der Waals surface area contributed by atoms with Crippen molar-refractivity contribution in [2.45, 2.75) is 90.9 Å². The first-order valence-electron chi connectivity index (χ1n) is 11.8. The molecule has 1 N–H and O–H groups in total. The molecule has 2 amide bonds. The average molecular weight is 441 g/mol. The highest BCUT2D eigenvalue weighted by atomic mass is 19.4. The van der Waals surface area contributed by atoms with E-state index in [4.69, 9.17) is 0 Å². The van der Waals surface area contributed by atoms with Crippen molar-refractivity contribution in [3.63, 3.8) is 0 Å². The Morgan fingerprint density at radius 3 is 2.52 bits per heavy atom. The molecule has 0 saturated heterocycles. The van der Waals surface area contributed by atoms with Crippen LogP contribution in [0.5, 0.6) is 0 Å². The number of amides is 2. The second-order valence-electron chi connectivity index (χ2n) is 11.1. The van der Waals surface area contributed by atoms with Gasteiger partial charge in [0.05, 0.1) is 0 Å². The van der Waals surface area contributed by atoms with Gasteiger partial charge in [0.25, 0.3) is 11.8 Å². The van der Waals surface area contributed by atoms with E-state index in [1.165, 1.54) is 19.3 Å². The van der Waals surface area contributed by atoms with E-state index >= 15 is 0 Å². The Kier molecular flexibility index (Phi) is 5.49. The highest BCUT2D eigenvalue weighted by Crippen LogP contribution is 2.63. The first-order valence-corrected chi connectivity index (χ1v) is 11.8. The average Bonchev–Trinajstić information content (AvgIpc) is 3.06. The van der Waals surface area contributed by atoms with Crippen LogP contribution in [0.1, 0.15) is 72.6 Å². The molecule has 3 saturated carbocycles. The molecule has 4 rings (SSSR count).